The molecule has 3 aromatic rings. The summed E-state index contributed by atoms with van der Waals surface area (Å²) >= 11 is 1.93. The number of thiophene rings is 1. The molecule has 1 spiro atoms. The lowest BCUT2D eigenvalue weighted by atomic mass is 9.89. The van der Waals surface area contributed by atoms with Gasteiger partial charge in [-0.3, -0.25) is 0 Å². The van der Waals surface area contributed by atoms with E-state index < -0.39 is 0 Å². The Kier molecular flexibility index (Phi) is 2.76. The van der Waals surface area contributed by atoms with Gasteiger partial charge in [0, 0.05) is 16.1 Å². The molecule has 2 aromatic heterocycles. The van der Waals surface area contributed by atoms with Gasteiger partial charge in [0.2, 0.25) is 0 Å². The molecule has 5 rings (SSSR count). The largest absolute Gasteiger partial charge is 0.463 e. The molecule has 2 nitrogen and oxygen atoms in total. The molecule has 0 bridgehead atoms. The fourth-order valence-electron chi connectivity index (χ4n) is 4.91. The number of hydrogen-bond donors (Lipinski definition) is 0. The van der Waals surface area contributed by atoms with Crippen LogP contribution in [-0.4, -0.2) is 0 Å². The Morgan fingerprint density at radius 2 is 1.96 bits per heavy atom. The first-order chi connectivity index (χ1) is 11.2. The third-order valence-electron chi connectivity index (χ3n) is 5.82. The number of nitrogens with zero attached hydrogens (tertiary/aromatic N) is 1. The second kappa shape index (κ2) is 4.64. The third-order valence-corrected chi connectivity index (χ3v) is 7.13. The first-order valence-corrected chi connectivity index (χ1v) is 9.39. The Hall–Kier alpha value is -1.74. The van der Waals surface area contributed by atoms with E-state index in [0.717, 1.165) is 5.58 Å². The molecule has 3 heterocycles. The van der Waals surface area contributed by atoms with E-state index >= 15 is 0 Å². The van der Waals surface area contributed by atoms with E-state index in [1.54, 1.807) is 0 Å². The Labute approximate surface area is 140 Å². The summed E-state index contributed by atoms with van der Waals surface area (Å²) in [6, 6.07) is 11.4. The van der Waals surface area contributed by atoms with E-state index in [1.807, 2.05) is 17.6 Å². The monoisotopic (exact) mass is 323 g/mol. The van der Waals surface area contributed by atoms with Crippen LogP contribution in [-0.2, 0) is 5.54 Å². The number of fused-ring (bicyclic) bond motifs is 4. The number of aryl methyl sites for hydroxylation is 1. The van der Waals surface area contributed by atoms with Gasteiger partial charge in [-0.1, -0.05) is 31.0 Å². The van der Waals surface area contributed by atoms with Crippen molar-refractivity contribution < 1.29 is 4.42 Å². The minimum absolute atomic E-state index is 0.136. The minimum Gasteiger partial charge on any atom is -0.463 e. The van der Waals surface area contributed by atoms with Crippen molar-refractivity contribution in [3.05, 3.63) is 52.6 Å². The van der Waals surface area contributed by atoms with Gasteiger partial charge in [0.15, 0.2) is 5.58 Å². The van der Waals surface area contributed by atoms with Crippen LogP contribution in [0.2, 0.25) is 0 Å². The molecule has 0 radical (unpaired) electrons. The summed E-state index contributed by atoms with van der Waals surface area (Å²) < 4.78 is 7.25. The molecule has 0 saturated heterocycles. The molecule has 1 aliphatic carbocycles. The number of para-hydroxylation sites is 1. The predicted molar refractivity (Wildman–Crippen MR) is 96.3 cm³/mol. The van der Waals surface area contributed by atoms with Crippen LogP contribution in [0.15, 0.2) is 41.0 Å². The van der Waals surface area contributed by atoms with E-state index in [4.69, 9.17) is 4.42 Å². The van der Waals surface area contributed by atoms with E-state index in [9.17, 15) is 0 Å². The molecular formula is C20H21NOS. The zero-order valence-corrected chi connectivity index (χ0v) is 14.5. The summed E-state index contributed by atoms with van der Waals surface area (Å²) in [7, 11) is 0. The quantitative estimate of drug-likeness (QED) is 0.534. The van der Waals surface area contributed by atoms with Crippen molar-refractivity contribution in [3.63, 3.8) is 0 Å². The highest BCUT2D eigenvalue weighted by molar-refractivity contribution is 7.19. The van der Waals surface area contributed by atoms with Gasteiger partial charge in [0.1, 0.15) is 0 Å². The Morgan fingerprint density at radius 1 is 1.17 bits per heavy atom. The van der Waals surface area contributed by atoms with Crippen LogP contribution in [0.4, 0.5) is 5.69 Å². The average molecular weight is 323 g/mol. The Morgan fingerprint density at radius 3 is 2.74 bits per heavy atom. The maximum atomic E-state index is 5.93. The zero-order valence-electron chi connectivity index (χ0n) is 13.6. The van der Waals surface area contributed by atoms with Crippen molar-refractivity contribution >= 4 is 27.3 Å². The van der Waals surface area contributed by atoms with E-state index in [1.165, 1.54) is 52.1 Å². The second-order valence-corrected chi connectivity index (χ2v) is 8.11. The first kappa shape index (κ1) is 13.7. The topological polar surface area (TPSA) is 16.4 Å². The SMILES string of the molecule is Cc1ccccc1N1[C@@H](C)c2sc3ccoc3c2C12CCCC2. The van der Waals surface area contributed by atoms with Gasteiger partial charge in [0.25, 0.3) is 0 Å². The van der Waals surface area contributed by atoms with Crippen LogP contribution in [0.3, 0.4) is 0 Å². The number of benzene rings is 1. The zero-order chi connectivity index (χ0) is 15.6. The lowest BCUT2D eigenvalue weighted by molar-refractivity contribution is 0.414. The highest BCUT2D eigenvalue weighted by Crippen LogP contribution is 2.60. The van der Waals surface area contributed by atoms with Crippen LogP contribution >= 0.6 is 11.3 Å². The smallest absolute Gasteiger partial charge is 0.150 e. The maximum Gasteiger partial charge on any atom is 0.150 e. The summed E-state index contributed by atoms with van der Waals surface area (Å²) in [4.78, 5) is 4.22. The van der Waals surface area contributed by atoms with Crippen molar-refractivity contribution in [3.8, 4) is 0 Å². The standard InChI is InChI=1S/C20H21NOS/c1-13-7-3-4-8-15(13)21-14(2)19-17(20(21)10-5-6-11-20)18-16(23-19)9-12-22-18/h3-4,7-9,12,14H,5-6,10-11H2,1-2H3/t14-/m0/s1. The van der Waals surface area contributed by atoms with Crippen molar-refractivity contribution in [1.82, 2.24) is 0 Å². The van der Waals surface area contributed by atoms with Gasteiger partial charge in [-0.25, -0.2) is 0 Å². The molecule has 118 valence electrons. The van der Waals surface area contributed by atoms with Gasteiger partial charge < -0.3 is 9.32 Å². The number of hydrogen-bond acceptors (Lipinski definition) is 3. The lowest BCUT2D eigenvalue weighted by Gasteiger charge is -2.41. The molecule has 3 heteroatoms. The molecule has 1 fully saturated rings. The van der Waals surface area contributed by atoms with Crippen molar-refractivity contribution in [2.45, 2.75) is 51.1 Å². The van der Waals surface area contributed by atoms with E-state index in [-0.39, 0.29) is 5.54 Å². The lowest BCUT2D eigenvalue weighted by Crippen LogP contribution is -2.40. The molecule has 2 aliphatic rings. The van der Waals surface area contributed by atoms with Gasteiger partial charge in [-0.15, -0.1) is 11.3 Å². The molecule has 1 atom stereocenters. The average Bonchev–Trinajstić information content (AvgIpc) is 3.26. The maximum absolute atomic E-state index is 5.93. The highest BCUT2D eigenvalue weighted by Gasteiger charge is 2.53. The first-order valence-electron chi connectivity index (χ1n) is 8.58. The normalized spacial score (nSPS) is 22.3. The minimum atomic E-state index is 0.136. The summed E-state index contributed by atoms with van der Waals surface area (Å²) in [6.45, 7) is 4.60. The van der Waals surface area contributed by atoms with Gasteiger partial charge >= 0.3 is 0 Å². The van der Waals surface area contributed by atoms with E-state index in [0.29, 0.717) is 6.04 Å². The molecule has 1 aromatic carbocycles. The van der Waals surface area contributed by atoms with Crippen molar-refractivity contribution in [2.24, 2.45) is 0 Å². The number of anilines is 1. The molecule has 1 saturated carbocycles. The Balaban J connectivity index is 1.79. The van der Waals surface area contributed by atoms with Crippen LogP contribution in [0, 0.1) is 6.92 Å². The van der Waals surface area contributed by atoms with Crippen LogP contribution in [0.5, 0.6) is 0 Å². The van der Waals surface area contributed by atoms with Gasteiger partial charge in [-0.2, -0.15) is 0 Å². The highest BCUT2D eigenvalue weighted by atomic mass is 32.1. The van der Waals surface area contributed by atoms with Crippen LogP contribution in [0.25, 0.3) is 10.3 Å². The van der Waals surface area contributed by atoms with E-state index in [2.05, 4.69) is 49.1 Å². The van der Waals surface area contributed by atoms with Crippen molar-refractivity contribution in [2.75, 3.05) is 4.90 Å². The number of furan rings is 1. The third kappa shape index (κ3) is 1.64. The van der Waals surface area contributed by atoms with Crippen LogP contribution < -0.4 is 4.90 Å². The van der Waals surface area contributed by atoms with Crippen molar-refractivity contribution in [1.29, 1.82) is 0 Å². The second-order valence-electron chi connectivity index (χ2n) is 7.03. The molecule has 0 unspecified atom stereocenters. The molecule has 23 heavy (non-hydrogen) atoms. The molecule has 0 N–H and O–H groups in total. The van der Waals surface area contributed by atoms with Gasteiger partial charge in [-0.05, 0) is 44.4 Å². The Bertz CT molecular complexity index is 884. The van der Waals surface area contributed by atoms with Gasteiger partial charge in [0.05, 0.1) is 22.5 Å². The predicted octanol–water partition coefficient (Wildman–Crippen LogP) is 6.15. The fraction of sp³-hybridized carbons (Fsp3) is 0.400. The summed E-state index contributed by atoms with van der Waals surface area (Å²) in [5.74, 6) is 0. The fourth-order valence-corrected chi connectivity index (χ4v) is 6.17. The molecule has 0 amide bonds. The summed E-state index contributed by atoms with van der Waals surface area (Å²) in [5.41, 5.74) is 5.55. The van der Waals surface area contributed by atoms with Crippen LogP contribution in [0.1, 0.15) is 54.7 Å². The molecule has 1 aliphatic heterocycles. The number of rotatable bonds is 1. The summed E-state index contributed by atoms with van der Waals surface area (Å²) in [5, 5.41) is 0. The summed E-state index contributed by atoms with van der Waals surface area (Å²) in [6.07, 6.45) is 6.96. The molecular weight excluding hydrogens is 302 g/mol.